The Labute approximate surface area is 90.8 Å². The van der Waals surface area contributed by atoms with Crippen LogP contribution in [0.2, 0.25) is 0 Å². The minimum absolute atomic E-state index is 0. The molecule has 4 heteroatoms. The van der Waals surface area contributed by atoms with E-state index >= 15 is 0 Å². The zero-order chi connectivity index (χ0) is 9.52. The summed E-state index contributed by atoms with van der Waals surface area (Å²) in [6.07, 6.45) is 0.456. The summed E-state index contributed by atoms with van der Waals surface area (Å²) in [7, 11) is 0. The summed E-state index contributed by atoms with van der Waals surface area (Å²) in [4.78, 5) is 0. The first-order chi connectivity index (χ1) is 6.33. The van der Waals surface area contributed by atoms with Gasteiger partial charge < -0.3 is 16.2 Å². The molecular weight excluding hydrogens is 200 g/mol. The summed E-state index contributed by atoms with van der Waals surface area (Å²) in [5.74, 6) is 0. The van der Waals surface area contributed by atoms with E-state index in [1.165, 1.54) is 0 Å². The van der Waals surface area contributed by atoms with Crippen molar-refractivity contribution in [1.29, 1.82) is 0 Å². The van der Waals surface area contributed by atoms with Crippen molar-refractivity contribution in [1.82, 2.24) is 0 Å². The minimum Gasteiger partial charge on any atom is -0.359 e. The fourth-order valence-electron chi connectivity index (χ4n) is 1.03. The van der Waals surface area contributed by atoms with Crippen LogP contribution < -0.4 is 11.5 Å². The Morgan fingerprint density at radius 1 is 1.21 bits per heavy atom. The number of ether oxygens (including phenoxy) is 1. The molecule has 0 spiro atoms. The smallest absolute Gasteiger partial charge is 0.107 e. The highest BCUT2D eigenvalue weighted by atomic mass is 35.5. The minimum atomic E-state index is -0.245. The summed E-state index contributed by atoms with van der Waals surface area (Å²) in [6, 6.07) is 9.95. The van der Waals surface area contributed by atoms with E-state index in [1.807, 2.05) is 30.3 Å². The third-order valence-corrected chi connectivity index (χ3v) is 1.76. The third kappa shape index (κ3) is 5.19. The average molecular weight is 217 g/mol. The predicted octanol–water partition coefficient (Wildman–Crippen LogP) is 1.26. The van der Waals surface area contributed by atoms with E-state index in [0.717, 1.165) is 5.56 Å². The van der Waals surface area contributed by atoms with Gasteiger partial charge in [-0.15, -0.1) is 12.4 Å². The lowest BCUT2D eigenvalue weighted by atomic mass is 10.2. The monoisotopic (exact) mass is 216 g/mol. The Balaban J connectivity index is 0.00000169. The van der Waals surface area contributed by atoms with Gasteiger partial charge in [-0.25, -0.2) is 0 Å². The standard InChI is InChI=1S/C10H16N2O.ClH/c11-7-6-10(12)13-8-9-4-2-1-3-5-9;/h1-5,10H,6-8,11-12H2;1H. The average Bonchev–Trinajstić information content (AvgIpc) is 2.17. The lowest BCUT2D eigenvalue weighted by Crippen LogP contribution is -2.26. The van der Waals surface area contributed by atoms with Crippen molar-refractivity contribution in [2.45, 2.75) is 19.3 Å². The van der Waals surface area contributed by atoms with Crippen LogP contribution in [-0.2, 0) is 11.3 Å². The lowest BCUT2D eigenvalue weighted by molar-refractivity contribution is 0.0410. The van der Waals surface area contributed by atoms with E-state index in [4.69, 9.17) is 16.2 Å². The third-order valence-electron chi connectivity index (χ3n) is 1.76. The summed E-state index contributed by atoms with van der Waals surface area (Å²) in [5.41, 5.74) is 12.1. The summed E-state index contributed by atoms with van der Waals surface area (Å²) < 4.78 is 5.37. The van der Waals surface area contributed by atoms with Gasteiger partial charge >= 0.3 is 0 Å². The van der Waals surface area contributed by atoms with Gasteiger partial charge in [0.05, 0.1) is 6.61 Å². The number of nitrogens with two attached hydrogens (primary N) is 2. The molecule has 14 heavy (non-hydrogen) atoms. The molecular formula is C10H17ClN2O. The zero-order valence-electron chi connectivity index (χ0n) is 8.06. The second kappa shape index (κ2) is 7.76. The molecule has 1 aromatic rings. The zero-order valence-corrected chi connectivity index (χ0v) is 8.87. The lowest BCUT2D eigenvalue weighted by Gasteiger charge is -2.11. The van der Waals surface area contributed by atoms with Gasteiger partial charge in [0.2, 0.25) is 0 Å². The molecule has 0 amide bonds. The van der Waals surface area contributed by atoms with Crippen LogP contribution in [0.5, 0.6) is 0 Å². The van der Waals surface area contributed by atoms with Crippen molar-refractivity contribution >= 4 is 12.4 Å². The van der Waals surface area contributed by atoms with Crippen LogP contribution in [0.15, 0.2) is 30.3 Å². The van der Waals surface area contributed by atoms with Crippen LogP contribution in [0.4, 0.5) is 0 Å². The van der Waals surface area contributed by atoms with Crippen LogP contribution in [0, 0.1) is 0 Å². The number of rotatable bonds is 5. The Hall–Kier alpha value is -0.610. The maximum Gasteiger partial charge on any atom is 0.107 e. The molecule has 0 saturated heterocycles. The first-order valence-electron chi connectivity index (χ1n) is 4.44. The molecule has 0 radical (unpaired) electrons. The Morgan fingerprint density at radius 2 is 1.86 bits per heavy atom. The fraction of sp³-hybridized carbons (Fsp3) is 0.400. The van der Waals surface area contributed by atoms with Crippen LogP contribution in [0.25, 0.3) is 0 Å². The summed E-state index contributed by atoms with van der Waals surface area (Å²) in [6.45, 7) is 1.12. The molecule has 0 aliphatic rings. The first kappa shape index (κ1) is 13.4. The molecule has 1 atom stereocenters. The van der Waals surface area contributed by atoms with Gasteiger partial charge in [-0.2, -0.15) is 0 Å². The van der Waals surface area contributed by atoms with Crippen molar-refractivity contribution < 1.29 is 4.74 Å². The number of halogens is 1. The Kier molecular flexibility index (Phi) is 7.42. The van der Waals surface area contributed by atoms with Gasteiger partial charge in [0.25, 0.3) is 0 Å². The van der Waals surface area contributed by atoms with Gasteiger partial charge in [0, 0.05) is 0 Å². The predicted molar refractivity (Wildman–Crippen MR) is 60.1 cm³/mol. The molecule has 0 heterocycles. The highest BCUT2D eigenvalue weighted by Crippen LogP contribution is 2.02. The highest BCUT2D eigenvalue weighted by molar-refractivity contribution is 5.85. The number of hydrogen-bond donors (Lipinski definition) is 2. The van der Waals surface area contributed by atoms with Crippen LogP contribution in [0.1, 0.15) is 12.0 Å². The van der Waals surface area contributed by atoms with E-state index in [-0.39, 0.29) is 18.6 Å². The van der Waals surface area contributed by atoms with Gasteiger partial charge in [-0.1, -0.05) is 30.3 Å². The molecule has 0 aliphatic heterocycles. The molecule has 0 saturated carbocycles. The van der Waals surface area contributed by atoms with Crippen LogP contribution in [-0.4, -0.2) is 12.8 Å². The van der Waals surface area contributed by atoms with E-state index in [2.05, 4.69) is 0 Å². The molecule has 3 nitrogen and oxygen atoms in total. The van der Waals surface area contributed by atoms with Crippen molar-refractivity contribution in [3.05, 3.63) is 35.9 Å². The molecule has 0 fully saturated rings. The molecule has 1 rings (SSSR count). The van der Waals surface area contributed by atoms with Crippen molar-refractivity contribution in [3.63, 3.8) is 0 Å². The van der Waals surface area contributed by atoms with Gasteiger partial charge in [0.1, 0.15) is 6.23 Å². The number of benzene rings is 1. The topological polar surface area (TPSA) is 61.3 Å². The van der Waals surface area contributed by atoms with Crippen molar-refractivity contribution in [2.24, 2.45) is 11.5 Å². The Morgan fingerprint density at radius 3 is 2.43 bits per heavy atom. The Bertz CT molecular complexity index is 231. The molecule has 80 valence electrons. The second-order valence-electron chi connectivity index (χ2n) is 2.91. The maximum atomic E-state index is 5.63. The molecule has 0 aromatic heterocycles. The van der Waals surface area contributed by atoms with Gasteiger partial charge in [-0.3, -0.25) is 0 Å². The summed E-state index contributed by atoms with van der Waals surface area (Å²) in [5, 5.41) is 0. The quantitative estimate of drug-likeness (QED) is 0.729. The fourth-order valence-corrected chi connectivity index (χ4v) is 1.03. The first-order valence-corrected chi connectivity index (χ1v) is 4.44. The largest absolute Gasteiger partial charge is 0.359 e. The molecule has 0 aliphatic carbocycles. The molecule has 4 N–H and O–H groups in total. The number of hydrogen-bond acceptors (Lipinski definition) is 3. The van der Waals surface area contributed by atoms with E-state index < -0.39 is 0 Å². The van der Waals surface area contributed by atoms with E-state index in [9.17, 15) is 0 Å². The second-order valence-corrected chi connectivity index (χ2v) is 2.91. The van der Waals surface area contributed by atoms with Crippen molar-refractivity contribution in [2.75, 3.05) is 6.54 Å². The molecule has 1 aromatic carbocycles. The van der Waals surface area contributed by atoms with Crippen LogP contribution in [0.3, 0.4) is 0 Å². The van der Waals surface area contributed by atoms with E-state index in [1.54, 1.807) is 0 Å². The SMILES string of the molecule is Cl.NCCC(N)OCc1ccccc1. The summed E-state index contributed by atoms with van der Waals surface area (Å²) >= 11 is 0. The highest BCUT2D eigenvalue weighted by Gasteiger charge is 2.00. The maximum absolute atomic E-state index is 5.63. The van der Waals surface area contributed by atoms with Gasteiger partial charge in [0.15, 0.2) is 0 Å². The van der Waals surface area contributed by atoms with Crippen LogP contribution >= 0.6 is 12.4 Å². The molecule has 1 unspecified atom stereocenters. The van der Waals surface area contributed by atoms with E-state index in [0.29, 0.717) is 19.6 Å². The van der Waals surface area contributed by atoms with Gasteiger partial charge in [-0.05, 0) is 18.5 Å². The molecule has 0 bridgehead atoms. The normalized spacial score (nSPS) is 11.9. The van der Waals surface area contributed by atoms with Crippen molar-refractivity contribution in [3.8, 4) is 0 Å².